The predicted octanol–water partition coefficient (Wildman–Crippen LogP) is 3.93. The zero-order valence-corrected chi connectivity index (χ0v) is 14.5. The standard InChI is InChI=1S/C16H12ClF2N3O2S/c1-25(23,24)10-6-7-15(20-9-10)22-14(8-13(21-22)16(18)19)11-4-2-3-5-12(11)17/h2-9,16H,1H3. The fourth-order valence-electron chi connectivity index (χ4n) is 2.26. The molecule has 0 amide bonds. The van der Waals surface area contributed by atoms with Crippen molar-refractivity contribution >= 4 is 21.4 Å². The number of rotatable bonds is 4. The van der Waals surface area contributed by atoms with Crippen LogP contribution in [-0.4, -0.2) is 29.4 Å². The number of hydrogen-bond donors (Lipinski definition) is 0. The number of pyridine rings is 1. The molecule has 0 N–H and O–H groups in total. The highest BCUT2D eigenvalue weighted by Gasteiger charge is 2.20. The molecule has 130 valence electrons. The topological polar surface area (TPSA) is 64.8 Å². The third kappa shape index (κ3) is 3.54. The van der Waals surface area contributed by atoms with E-state index in [9.17, 15) is 17.2 Å². The maximum atomic E-state index is 13.1. The van der Waals surface area contributed by atoms with E-state index in [4.69, 9.17) is 11.6 Å². The van der Waals surface area contributed by atoms with Gasteiger partial charge in [0, 0.05) is 23.0 Å². The molecule has 0 bridgehead atoms. The minimum atomic E-state index is -3.41. The van der Waals surface area contributed by atoms with Gasteiger partial charge in [0.05, 0.1) is 10.6 Å². The van der Waals surface area contributed by atoms with Crippen molar-refractivity contribution < 1.29 is 17.2 Å². The van der Waals surface area contributed by atoms with E-state index in [1.807, 2.05) is 0 Å². The zero-order valence-electron chi connectivity index (χ0n) is 12.9. The van der Waals surface area contributed by atoms with E-state index in [1.54, 1.807) is 24.3 Å². The summed E-state index contributed by atoms with van der Waals surface area (Å²) < 4.78 is 50.5. The summed E-state index contributed by atoms with van der Waals surface area (Å²) in [5.41, 5.74) is 0.418. The number of hydrogen-bond acceptors (Lipinski definition) is 4. The summed E-state index contributed by atoms with van der Waals surface area (Å²) in [6.45, 7) is 0. The first-order valence-electron chi connectivity index (χ1n) is 7.07. The van der Waals surface area contributed by atoms with E-state index < -0.39 is 22.0 Å². The van der Waals surface area contributed by atoms with E-state index in [0.717, 1.165) is 12.5 Å². The Morgan fingerprint density at radius 3 is 2.44 bits per heavy atom. The van der Waals surface area contributed by atoms with Gasteiger partial charge in [-0.2, -0.15) is 5.10 Å². The van der Waals surface area contributed by atoms with E-state index in [-0.39, 0.29) is 10.7 Å². The Kier molecular flexibility index (Phi) is 4.57. The van der Waals surface area contributed by atoms with E-state index in [1.165, 1.54) is 22.9 Å². The minimum absolute atomic E-state index is 0.0248. The van der Waals surface area contributed by atoms with E-state index >= 15 is 0 Å². The third-order valence-electron chi connectivity index (χ3n) is 3.47. The van der Waals surface area contributed by atoms with Crippen LogP contribution in [0.3, 0.4) is 0 Å². The van der Waals surface area contributed by atoms with Gasteiger partial charge in [-0.1, -0.05) is 29.8 Å². The van der Waals surface area contributed by atoms with E-state index in [2.05, 4.69) is 10.1 Å². The van der Waals surface area contributed by atoms with Gasteiger partial charge < -0.3 is 0 Å². The second-order valence-electron chi connectivity index (χ2n) is 5.27. The lowest BCUT2D eigenvalue weighted by atomic mass is 10.1. The fraction of sp³-hybridized carbons (Fsp3) is 0.125. The van der Waals surface area contributed by atoms with Gasteiger partial charge in [0.1, 0.15) is 5.69 Å². The minimum Gasteiger partial charge on any atom is -0.236 e. The SMILES string of the molecule is CS(=O)(=O)c1ccc(-n2nc(C(F)F)cc2-c2ccccc2Cl)nc1. The molecule has 0 fully saturated rings. The highest BCUT2D eigenvalue weighted by atomic mass is 35.5. The van der Waals surface area contributed by atoms with Crippen molar-refractivity contribution in [2.45, 2.75) is 11.3 Å². The van der Waals surface area contributed by atoms with Crippen LogP contribution < -0.4 is 0 Å². The second kappa shape index (κ2) is 6.53. The molecule has 0 aliphatic rings. The maximum Gasteiger partial charge on any atom is 0.282 e. The average molecular weight is 384 g/mol. The summed E-state index contributed by atoms with van der Waals surface area (Å²) in [5, 5.41) is 4.26. The number of aromatic nitrogens is 3. The van der Waals surface area contributed by atoms with Crippen LogP contribution >= 0.6 is 11.6 Å². The predicted molar refractivity (Wildman–Crippen MR) is 89.9 cm³/mol. The first-order valence-corrected chi connectivity index (χ1v) is 9.34. The first kappa shape index (κ1) is 17.5. The summed E-state index contributed by atoms with van der Waals surface area (Å²) in [7, 11) is -3.41. The summed E-state index contributed by atoms with van der Waals surface area (Å²) in [4.78, 5) is 4.06. The molecule has 3 aromatic rings. The van der Waals surface area contributed by atoms with Crippen molar-refractivity contribution in [1.29, 1.82) is 0 Å². The molecule has 0 unspecified atom stereocenters. The highest BCUT2D eigenvalue weighted by Crippen LogP contribution is 2.32. The lowest BCUT2D eigenvalue weighted by molar-refractivity contribution is 0.145. The molecule has 2 aromatic heterocycles. The smallest absolute Gasteiger partial charge is 0.236 e. The largest absolute Gasteiger partial charge is 0.282 e. The van der Waals surface area contributed by atoms with Crippen molar-refractivity contribution in [2.75, 3.05) is 6.26 Å². The number of halogens is 3. The van der Waals surface area contributed by atoms with Crippen LogP contribution in [0.5, 0.6) is 0 Å². The van der Waals surface area contributed by atoms with Crippen molar-refractivity contribution in [3.63, 3.8) is 0 Å². The molecule has 0 spiro atoms. The van der Waals surface area contributed by atoms with Gasteiger partial charge in [0.2, 0.25) is 0 Å². The monoisotopic (exact) mass is 383 g/mol. The number of sulfone groups is 1. The van der Waals surface area contributed by atoms with Crippen molar-refractivity contribution in [2.24, 2.45) is 0 Å². The summed E-state index contributed by atoms with van der Waals surface area (Å²) in [5.74, 6) is 0.203. The van der Waals surface area contributed by atoms with Gasteiger partial charge in [-0.05, 0) is 24.3 Å². The van der Waals surface area contributed by atoms with Gasteiger partial charge in [-0.15, -0.1) is 0 Å². The lowest BCUT2D eigenvalue weighted by Gasteiger charge is -2.08. The molecule has 0 aliphatic heterocycles. The molecule has 3 rings (SSSR count). The number of nitrogens with zero attached hydrogens (tertiary/aromatic N) is 3. The zero-order chi connectivity index (χ0) is 18.2. The number of benzene rings is 1. The molecule has 9 heteroatoms. The lowest BCUT2D eigenvalue weighted by Crippen LogP contribution is -2.04. The molecule has 1 aromatic carbocycles. The van der Waals surface area contributed by atoms with Gasteiger partial charge in [0.15, 0.2) is 15.7 Å². The Hall–Kier alpha value is -2.32. The molecule has 25 heavy (non-hydrogen) atoms. The summed E-state index contributed by atoms with van der Waals surface area (Å²) >= 11 is 6.16. The molecule has 0 radical (unpaired) electrons. The quantitative estimate of drug-likeness (QED) is 0.684. The van der Waals surface area contributed by atoms with Crippen LogP contribution in [0.25, 0.3) is 17.1 Å². The summed E-state index contributed by atoms with van der Waals surface area (Å²) in [6.07, 6.45) is -0.551. The van der Waals surface area contributed by atoms with Gasteiger partial charge >= 0.3 is 0 Å². The molecule has 2 heterocycles. The van der Waals surface area contributed by atoms with Crippen LogP contribution in [0.4, 0.5) is 8.78 Å². The van der Waals surface area contributed by atoms with Crippen molar-refractivity contribution in [3.8, 4) is 17.1 Å². The highest BCUT2D eigenvalue weighted by molar-refractivity contribution is 7.90. The Balaban J connectivity index is 2.17. The molecule has 0 aliphatic carbocycles. The molecule has 0 atom stereocenters. The normalized spacial score (nSPS) is 11.9. The second-order valence-corrected chi connectivity index (χ2v) is 7.69. The third-order valence-corrected chi connectivity index (χ3v) is 4.89. The Labute approximate surface area is 147 Å². The maximum absolute atomic E-state index is 13.1. The van der Waals surface area contributed by atoms with Crippen LogP contribution in [0.2, 0.25) is 5.02 Å². The van der Waals surface area contributed by atoms with Crippen LogP contribution in [-0.2, 0) is 9.84 Å². The molecule has 0 saturated carbocycles. The average Bonchev–Trinajstić information content (AvgIpc) is 3.00. The Morgan fingerprint density at radius 1 is 1.16 bits per heavy atom. The molecular formula is C16H12ClF2N3O2S. The molecular weight excluding hydrogens is 372 g/mol. The van der Waals surface area contributed by atoms with Crippen molar-refractivity contribution in [3.05, 3.63) is 59.4 Å². The number of alkyl halides is 2. The fourth-order valence-corrected chi connectivity index (χ4v) is 3.05. The van der Waals surface area contributed by atoms with Crippen LogP contribution in [0.15, 0.2) is 53.6 Å². The van der Waals surface area contributed by atoms with Crippen molar-refractivity contribution in [1.82, 2.24) is 14.8 Å². The summed E-state index contributed by atoms with van der Waals surface area (Å²) in [6, 6.07) is 10.7. The van der Waals surface area contributed by atoms with Crippen LogP contribution in [0, 0.1) is 0 Å². The van der Waals surface area contributed by atoms with Crippen LogP contribution in [0.1, 0.15) is 12.1 Å². The first-order chi connectivity index (χ1) is 11.8. The van der Waals surface area contributed by atoms with Gasteiger partial charge in [-0.25, -0.2) is 26.9 Å². The Morgan fingerprint density at radius 2 is 1.88 bits per heavy atom. The van der Waals surface area contributed by atoms with E-state index in [0.29, 0.717) is 16.3 Å². The Bertz CT molecular complexity index is 1020. The van der Waals surface area contributed by atoms with Gasteiger partial charge in [-0.3, -0.25) is 0 Å². The van der Waals surface area contributed by atoms with Gasteiger partial charge in [0.25, 0.3) is 6.43 Å². The molecule has 5 nitrogen and oxygen atoms in total. The molecule has 0 saturated heterocycles.